The molecule has 0 aliphatic heterocycles. The van der Waals surface area contributed by atoms with Gasteiger partial charge in [0.25, 0.3) is 0 Å². The van der Waals surface area contributed by atoms with Crippen molar-refractivity contribution in [2.45, 2.75) is 158 Å². The van der Waals surface area contributed by atoms with Crippen LogP contribution in [0.15, 0.2) is 24.3 Å². The zero-order valence-electron chi connectivity index (χ0n) is 31.3. The first kappa shape index (κ1) is 42.1. The van der Waals surface area contributed by atoms with E-state index in [0.717, 1.165) is 24.0 Å². The summed E-state index contributed by atoms with van der Waals surface area (Å²) in [6, 6.07) is 9.54. The van der Waals surface area contributed by atoms with Gasteiger partial charge >= 0.3 is 17.2 Å². The van der Waals surface area contributed by atoms with Gasteiger partial charge < -0.3 is 24.7 Å². The van der Waals surface area contributed by atoms with Crippen molar-refractivity contribution in [1.29, 1.82) is 0 Å². The summed E-state index contributed by atoms with van der Waals surface area (Å²) in [7, 11) is -5.22. The SMILES string of the molecule is CCc1cc(C(C)(C)C)c(C(O)(c2c(C(C)(C)C)cc(CC)cc2C(C)(C)C)C(C)(C)C)c(C(C)(C)C)c1.OP(O)OP(O)O. The molecule has 0 heterocycles. The van der Waals surface area contributed by atoms with Crippen molar-refractivity contribution in [3.8, 4) is 0 Å². The Morgan fingerprint density at radius 2 is 0.711 bits per heavy atom. The third-order valence-electron chi connectivity index (χ3n) is 8.40. The fourth-order valence-corrected chi connectivity index (χ4v) is 6.42. The highest BCUT2D eigenvalue weighted by molar-refractivity contribution is 7.53. The lowest BCUT2D eigenvalue weighted by molar-refractivity contribution is -0.0312. The van der Waals surface area contributed by atoms with Crippen molar-refractivity contribution >= 4 is 17.2 Å². The van der Waals surface area contributed by atoms with Crippen LogP contribution in [0.25, 0.3) is 0 Å². The van der Waals surface area contributed by atoms with Gasteiger partial charge in [0.05, 0.1) is 0 Å². The Kier molecular flexibility index (Phi) is 13.7. The highest BCUT2D eigenvalue weighted by atomic mass is 31.2. The molecule has 5 N–H and O–H groups in total. The molecule has 0 aliphatic rings. The normalized spacial score (nSPS) is 13.8. The van der Waals surface area contributed by atoms with E-state index in [9.17, 15) is 5.11 Å². The molecule has 8 heteroatoms. The van der Waals surface area contributed by atoms with E-state index in [4.69, 9.17) is 19.6 Å². The minimum atomic E-state index is -2.61. The highest BCUT2D eigenvalue weighted by Gasteiger charge is 2.52. The summed E-state index contributed by atoms with van der Waals surface area (Å²) in [5, 5.41) is 13.8. The number of hydrogen-bond acceptors (Lipinski definition) is 6. The molecule has 0 saturated carbocycles. The van der Waals surface area contributed by atoms with E-state index in [1.54, 1.807) is 0 Å². The number of aliphatic hydroxyl groups is 1. The Hall–Kier alpha value is -0.940. The van der Waals surface area contributed by atoms with Crippen LogP contribution in [0.1, 0.15) is 162 Å². The zero-order valence-corrected chi connectivity index (χ0v) is 33.1. The van der Waals surface area contributed by atoms with Gasteiger partial charge in [-0.1, -0.05) is 142 Å². The maximum Gasteiger partial charge on any atom is 0.334 e. The topological polar surface area (TPSA) is 110 Å². The molecule has 0 radical (unpaired) electrons. The Morgan fingerprint density at radius 3 is 0.822 bits per heavy atom. The average Bonchev–Trinajstić information content (AvgIpc) is 2.83. The molecule has 0 unspecified atom stereocenters. The fourth-order valence-electron chi connectivity index (χ4n) is 5.90. The number of rotatable bonds is 6. The second-order valence-corrected chi connectivity index (χ2v) is 19.1. The van der Waals surface area contributed by atoms with Gasteiger partial charge in [-0.05, 0) is 84.4 Å². The smallest absolute Gasteiger partial charge is 0.334 e. The van der Waals surface area contributed by atoms with Crippen LogP contribution in [-0.2, 0) is 44.4 Å². The molecule has 6 nitrogen and oxygen atoms in total. The van der Waals surface area contributed by atoms with Gasteiger partial charge in [-0.25, -0.2) is 4.31 Å². The first-order valence-electron chi connectivity index (χ1n) is 16.1. The molecule has 0 spiro atoms. The summed E-state index contributed by atoms with van der Waals surface area (Å²) in [5.74, 6) is 0. The highest BCUT2D eigenvalue weighted by Crippen LogP contribution is 2.55. The Bertz CT molecular complexity index is 1120. The average molecular weight is 667 g/mol. The largest absolute Gasteiger partial charge is 0.380 e. The summed E-state index contributed by atoms with van der Waals surface area (Å²) in [4.78, 5) is 31.3. The van der Waals surface area contributed by atoms with Crippen molar-refractivity contribution in [3.05, 3.63) is 68.8 Å². The van der Waals surface area contributed by atoms with Crippen molar-refractivity contribution in [2.24, 2.45) is 5.41 Å². The summed E-state index contributed by atoms with van der Waals surface area (Å²) in [6.07, 6.45) is 1.96. The summed E-state index contributed by atoms with van der Waals surface area (Å²) >= 11 is 0. The maximum absolute atomic E-state index is 13.8. The summed E-state index contributed by atoms with van der Waals surface area (Å²) in [5.41, 5.74) is 7.76. The van der Waals surface area contributed by atoms with E-state index < -0.39 is 28.2 Å². The van der Waals surface area contributed by atoms with Crippen LogP contribution >= 0.6 is 17.2 Å². The molecule has 2 aromatic carbocycles. The van der Waals surface area contributed by atoms with Crippen LogP contribution in [0, 0.1) is 5.41 Å². The first-order chi connectivity index (χ1) is 19.9. The van der Waals surface area contributed by atoms with Gasteiger partial charge in [-0.2, -0.15) is 0 Å². The molecule has 0 bridgehead atoms. The molecule has 2 aromatic rings. The third-order valence-corrected chi connectivity index (χ3v) is 9.57. The standard InChI is InChI=1S/C37H60O.H4O5P2/c1-18-24-20-26(32(3,4)5)30(27(21-24)33(6,7)8)37(38,36(15,16)17)31-28(34(9,10)11)22-25(19-2)23-29(31)35(12,13)14;1-6(2)5-7(3)4/h20-23,38H,18-19H2,1-17H3;1-4H. The van der Waals surface area contributed by atoms with Crippen LogP contribution in [0.3, 0.4) is 0 Å². The van der Waals surface area contributed by atoms with Crippen LogP contribution in [0.5, 0.6) is 0 Å². The van der Waals surface area contributed by atoms with Crippen LogP contribution in [-0.4, -0.2) is 24.7 Å². The molecule has 0 aliphatic carbocycles. The number of benzene rings is 2. The quantitative estimate of drug-likeness (QED) is 0.196. The van der Waals surface area contributed by atoms with Crippen molar-refractivity contribution in [2.75, 3.05) is 0 Å². The number of hydrogen-bond donors (Lipinski definition) is 5. The van der Waals surface area contributed by atoms with E-state index in [2.05, 4.69) is 146 Å². The van der Waals surface area contributed by atoms with Crippen LogP contribution < -0.4 is 0 Å². The van der Waals surface area contributed by atoms with Crippen molar-refractivity contribution in [3.63, 3.8) is 0 Å². The molecule has 0 atom stereocenters. The van der Waals surface area contributed by atoms with Gasteiger partial charge in [-0.15, -0.1) is 0 Å². The second kappa shape index (κ2) is 14.7. The fraction of sp³-hybridized carbons (Fsp3) is 0.676. The summed E-state index contributed by atoms with van der Waals surface area (Å²) in [6.45, 7) is 38.8. The molecule has 45 heavy (non-hydrogen) atoms. The van der Waals surface area contributed by atoms with E-state index in [1.807, 2.05) is 0 Å². The molecular formula is C37H64O6P2. The van der Waals surface area contributed by atoms with E-state index >= 15 is 0 Å². The van der Waals surface area contributed by atoms with Gasteiger partial charge in [0, 0.05) is 0 Å². The molecule has 0 fully saturated rings. The third kappa shape index (κ3) is 10.3. The van der Waals surface area contributed by atoms with Gasteiger partial charge in [-0.3, -0.25) is 0 Å². The second-order valence-electron chi connectivity index (χ2n) is 17.4. The van der Waals surface area contributed by atoms with Crippen molar-refractivity contribution in [1.82, 2.24) is 0 Å². The Labute approximate surface area is 277 Å². The maximum atomic E-state index is 13.8. The van der Waals surface area contributed by atoms with E-state index in [0.29, 0.717) is 0 Å². The van der Waals surface area contributed by atoms with Crippen LogP contribution in [0.4, 0.5) is 0 Å². The minimum absolute atomic E-state index is 0.132. The molecule has 0 saturated heterocycles. The zero-order chi connectivity index (χ0) is 35.7. The van der Waals surface area contributed by atoms with E-state index in [1.165, 1.54) is 33.4 Å². The lowest BCUT2D eigenvalue weighted by atomic mass is 9.57. The monoisotopic (exact) mass is 666 g/mol. The van der Waals surface area contributed by atoms with Gasteiger partial charge in [0.15, 0.2) is 0 Å². The lowest BCUT2D eigenvalue weighted by Gasteiger charge is -2.50. The van der Waals surface area contributed by atoms with E-state index in [-0.39, 0.29) is 21.7 Å². The number of aryl methyl sites for hydroxylation is 2. The molecule has 258 valence electrons. The van der Waals surface area contributed by atoms with Gasteiger partial charge in [0.1, 0.15) is 5.60 Å². The summed E-state index contributed by atoms with van der Waals surface area (Å²) < 4.78 is 3.60. The molecule has 2 rings (SSSR count). The van der Waals surface area contributed by atoms with Crippen LogP contribution in [0.2, 0.25) is 0 Å². The minimum Gasteiger partial charge on any atom is -0.380 e. The Balaban J connectivity index is 0.00000129. The molecule has 0 aromatic heterocycles. The first-order valence-corrected chi connectivity index (χ1v) is 18.4. The van der Waals surface area contributed by atoms with Crippen molar-refractivity contribution < 1.29 is 29.0 Å². The lowest BCUT2D eigenvalue weighted by Crippen LogP contribution is -2.48. The molecular weight excluding hydrogens is 602 g/mol. The predicted octanol–water partition coefficient (Wildman–Crippen LogP) is 9.71. The Morgan fingerprint density at radius 1 is 0.489 bits per heavy atom. The van der Waals surface area contributed by atoms with Gasteiger partial charge in [0.2, 0.25) is 0 Å². The predicted molar refractivity (Wildman–Crippen MR) is 193 cm³/mol. The molecule has 0 amide bonds.